The van der Waals surface area contributed by atoms with Gasteiger partial charge in [0.05, 0.1) is 34.8 Å². The molecule has 0 saturated carbocycles. The number of anilines is 1. The Bertz CT molecular complexity index is 1550. The van der Waals surface area contributed by atoms with Gasteiger partial charge in [-0.3, -0.25) is 4.79 Å². The van der Waals surface area contributed by atoms with Crippen molar-refractivity contribution in [2.24, 2.45) is 11.8 Å². The van der Waals surface area contributed by atoms with E-state index in [2.05, 4.69) is 28.0 Å². The van der Waals surface area contributed by atoms with Gasteiger partial charge in [-0.15, -0.1) is 0 Å². The summed E-state index contributed by atoms with van der Waals surface area (Å²) >= 11 is 0. The van der Waals surface area contributed by atoms with Crippen LogP contribution in [0.4, 0.5) is 5.82 Å². The lowest BCUT2D eigenvalue weighted by Crippen LogP contribution is -2.39. The van der Waals surface area contributed by atoms with Gasteiger partial charge in [0.1, 0.15) is 5.82 Å². The van der Waals surface area contributed by atoms with E-state index in [4.69, 9.17) is 14.6 Å². The molecule has 0 spiro atoms. The van der Waals surface area contributed by atoms with Crippen LogP contribution in [0.5, 0.6) is 0 Å². The van der Waals surface area contributed by atoms with Gasteiger partial charge in [-0.2, -0.15) is 15.3 Å². The SMILES string of the molecule is Cc1noc(-c2ccccc2C(=O)N2CCCC[C@H]2c2cc3nc(N4C[C@@H](C#N)[C@@H](C)C4)c(C)cn3n2)n1. The summed E-state index contributed by atoms with van der Waals surface area (Å²) < 4.78 is 7.19. The molecule has 4 aromatic rings. The molecule has 0 bridgehead atoms. The maximum Gasteiger partial charge on any atom is 0.258 e. The van der Waals surface area contributed by atoms with E-state index in [1.807, 2.05) is 52.9 Å². The number of hydrogen-bond acceptors (Lipinski definition) is 8. The van der Waals surface area contributed by atoms with Crippen LogP contribution in [0.25, 0.3) is 17.1 Å². The van der Waals surface area contributed by atoms with Crippen molar-refractivity contribution in [3.8, 4) is 17.5 Å². The molecule has 1 amide bonds. The molecule has 2 aliphatic heterocycles. The molecular weight excluding hydrogens is 480 g/mol. The highest BCUT2D eigenvalue weighted by Crippen LogP contribution is 2.35. The fourth-order valence-electron chi connectivity index (χ4n) is 5.71. The number of carbonyl (C=O) groups excluding carboxylic acids is 1. The Balaban J connectivity index is 1.33. The lowest BCUT2D eigenvalue weighted by atomic mass is 9.97. The molecule has 0 N–H and O–H groups in total. The van der Waals surface area contributed by atoms with E-state index in [-0.39, 0.29) is 17.9 Å². The molecule has 38 heavy (non-hydrogen) atoms. The molecule has 10 nitrogen and oxygen atoms in total. The minimum absolute atomic E-state index is 0.00802. The number of nitriles is 1. The highest BCUT2D eigenvalue weighted by atomic mass is 16.5. The van der Waals surface area contributed by atoms with Crippen molar-refractivity contribution in [1.82, 2.24) is 29.6 Å². The smallest absolute Gasteiger partial charge is 0.258 e. The van der Waals surface area contributed by atoms with E-state index in [1.165, 1.54) is 0 Å². The lowest BCUT2D eigenvalue weighted by Gasteiger charge is -2.35. The molecule has 3 atom stereocenters. The van der Waals surface area contributed by atoms with Crippen molar-refractivity contribution in [2.45, 2.75) is 46.1 Å². The third-order valence-corrected chi connectivity index (χ3v) is 7.72. The first-order chi connectivity index (χ1) is 18.4. The zero-order valence-corrected chi connectivity index (χ0v) is 21.8. The monoisotopic (exact) mass is 510 g/mol. The Kier molecular flexibility index (Phi) is 6.06. The van der Waals surface area contributed by atoms with E-state index in [9.17, 15) is 10.1 Å². The van der Waals surface area contributed by atoms with Gasteiger partial charge in [0.2, 0.25) is 0 Å². The zero-order chi connectivity index (χ0) is 26.4. The highest BCUT2D eigenvalue weighted by molar-refractivity contribution is 6.00. The summed E-state index contributed by atoms with van der Waals surface area (Å²) in [6.45, 7) is 8.05. The third-order valence-electron chi connectivity index (χ3n) is 7.72. The number of aryl methyl sites for hydroxylation is 2. The second kappa shape index (κ2) is 9.56. The zero-order valence-electron chi connectivity index (χ0n) is 21.8. The van der Waals surface area contributed by atoms with Crippen LogP contribution >= 0.6 is 0 Å². The Hall–Kier alpha value is -4.26. The second-order valence-electron chi connectivity index (χ2n) is 10.4. The number of aromatic nitrogens is 5. The molecule has 2 aliphatic rings. The van der Waals surface area contributed by atoms with Crippen LogP contribution in [-0.4, -0.2) is 55.2 Å². The van der Waals surface area contributed by atoms with Gasteiger partial charge in [-0.25, -0.2) is 9.50 Å². The second-order valence-corrected chi connectivity index (χ2v) is 10.4. The van der Waals surface area contributed by atoms with Gasteiger partial charge < -0.3 is 14.3 Å². The maximum absolute atomic E-state index is 13.9. The van der Waals surface area contributed by atoms with Crippen molar-refractivity contribution in [3.05, 3.63) is 59.2 Å². The van der Waals surface area contributed by atoms with Gasteiger partial charge in [0.25, 0.3) is 11.8 Å². The summed E-state index contributed by atoms with van der Waals surface area (Å²) in [4.78, 5) is 27.3. The summed E-state index contributed by atoms with van der Waals surface area (Å²) in [6, 6.07) is 11.6. The molecule has 6 rings (SSSR count). The quantitative estimate of drug-likeness (QED) is 0.398. The molecule has 0 unspecified atom stereocenters. The number of benzene rings is 1. The average Bonchev–Trinajstić information content (AvgIpc) is 3.65. The van der Waals surface area contributed by atoms with Gasteiger partial charge >= 0.3 is 0 Å². The van der Waals surface area contributed by atoms with E-state index >= 15 is 0 Å². The first-order valence-corrected chi connectivity index (χ1v) is 13.1. The van der Waals surface area contributed by atoms with E-state index < -0.39 is 0 Å². The average molecular weight is 511 g/mol. The molecule has 5 heterocycles. The Morgan fingerprint density at radius 1 is 1.16 bits per heavy atom. The van der Waals surface area contributed by atoms with Gasteiger partial charge in [0.15, 0.2) is 11.5 Å². The maximum atomic E-state index is 13.9. The molecule has 3 aromatic heterocycles. The van der Waals surface area contributed by atoms with Crippen molar-refractivity contribution in [2.75, 3.05) is 24.5 Å². The number of nitrogens with zero attached hydrogens (tertiary/aromatic N) is 8. The topological polar surface area (TPSA) is 116 Å². The van der Waals surface area contributed by atoms with Crippen LogP contribution < -0.4 is 4.90 Å². The lowest BCUT2D eigenvalue weighted by molar-refractivity contribution is 0.0606. The van der Waals surface area contributed by atoms with Gasteiger partial charge in [-0.1, -0.05) is 24.2 Å². The highest BCUT2D eigenvalue weighted by Gasteiger charge is 2.34. The number of hydrogen-bond donors (Lipinski definition) is 0. The predicted octanol–water partition coefficient (Wildman–Crippen LogP) is 4.36. The minimum Gasteiger partial charge on any atom is -0.355 e. The Morgan fingerprint density at radius 2 is 2.00 bits per heavy atom. The number of rotatable bonds is 4. The van der Waals surface area contributed by atoms with Crippen LogP contribution in [0.2, 0.25) is 0 Å². The first kappa shape index (κ1) is 24.1. The molecule has 0 aliphatic carbocycles. The molecular formula is C28H30N8O2. The predicted molar refractivity (Wildman–Crippen MR) is 140 cm³/mol. The fraction of sp³-hybridized carbons (Fsp3) is 0.429. The summed E-state index contributed by atoms with van der Waals surface area (Å²) in [7, 11) is 0. The third kappa shape index (κ3) is 4.18. The minimum atomic E-state index is -0.158. The van der Waals surface area contributed by atoms with E-state index in [0.717, 1.165) is 48.5 Å². The van der Waals surface area contributed by atoms with E-state index in [1.54, 1.807) is 6.92 Å². The van der Waals surface area contributed by atoms with Crippen LogP contribution in [0.3, 0.4) is 0 Å². The normalized spacial score (nSPS) is 21.7. The van der Waals surface area contributed by atoms with Crippen molar-refractivity contribution >= 4 is 17.4 Å². The Labute approximate surface area is 220 Å². The molecule has 2 fully saturated rings. The summed E-state index contributed by atoms with van der Waals surface area (Å²) in [5.41, 5.74) is 3.76. The number of carbonyl (C=O) groups is 1. The Morgan fingerprint density at radius 3 is 2.76 bits per heavy atom. The van der Waals surface area contributed by atoms with Crippen LogP contribution in [0, 0.1) is 37.0 Å². The fourth-order valence-corrected chi connectivity index (χ4v) is 5.71. The molecule has 0 radical (unpaired) electrons. The summed E-state index contributed by atoms with van der Waals surface area (Å²) in [5, 5.41) is 18.2. The van der Waals surface area contributed by atoms with Crippen molar-refractivity contribution in [3.63, 3.8) is 0 Å². The molecule has 194 valence electrons. The van der Waals surface area contributed by atoms with Gasteiger partial charge in [0, 0.05) is 37.5 Å². The standard InChI is InChI=1S/C28H30N8O2/c1-17-14-34(16-20(17)13-29)26-18(2)15-36-25(31-26)12-23(32-36)24-10-6-7-11-35(24)28(37)22-9-5-4-8-21(22)27-30-19(3)33-38-27/h4-5,8-9,12,15,17,20,24H,6-7,10-11,14,16H2,1-3H3/t17-,20+,24-/m0/s1. The van der Waals surface area contributed by atoms with Gasteiger partial charge in [-0.05, 0) is 51.2 Å². The van der Waals surface area contributed by atoms with Crippen LogP contribution in [-0.2, 0) is 0 Å². The molecule has 1 aromatic carbocycles. The van der Waals surface area contributed by atoms with E-state index in [0.29, 0.717) is 41.8 Å². The molecule has 2 saturated heterocycles. The first-order valence-electron chi connectivity index (χ1n) is 13.1. The van der Waals surface area contributed by atoms with Crippen molar-refractivity contribution < 1.29 is 9.32 Å². The largest absolute Gasteiger partial charge is 0.355 e. The number of likely N-dealkylation sites (tertiary alicyclic amines) is 1. The number of amides is 1. The number of fused-ring (bicyclic) bond motifs is 1. The molecule has 10 heteroatoms. The summed E-state index contributed by atoms with van der Waals surface area (Å²) in [5.74, 6) is 2.00. The number of piperidine rings is 1. The van der Waals surface area contributed by atoms with Crippen molar-refractivity contribution in [1.29, 1.82) is 5.26 Å². The van der Waals surface area contributed by atoms with Crippen LogP contribution in [0.15, 0.2) is 41.1 Å². The summed E-state index contributed by atoms with van der Waals surface area (Å²) in [6.07, 6.45) is 4.78. The van der Waals surface area contributed by atoms with Crippen LogP contribution in [0.1, 0.15) is 59.7 Å².